The van der Waals surface area contributed by atoms with Crippen molar-refractivity contribution in [2.24, 2.45) is 5.10 Å². The Morgan fingerprint density at radius 3 is 2.76 bits per heavy atom. The van der Waals surface area contributed by atoms with Gasteiger partial charge in [-0.15, -0.1) is 0 Å². The van der Waals surface area contributed by atoms with Crippen molar-refractivity contribution in [1.82, 2.24) is 15.7 Å². The molecule has 29 heavy (non-hydrogen) atoms. The third-order valence-corrected chi connectivity index (χ3v) is 4.28. The van der Waals surface area contributed by atoms with Crippen molar-refractivity contribution in [2.75, 3.05) is 12.8 Å². The highest BCUT2D eigenvalue weighted by Gasteiger charge is 2.15. The number of nitrogens with two attached hydrogens (primary N) is 1. The van der Waals surface area contributed by atoms with Crippen LogP contribution in [0.4, 0.5) is 5.82 Å². The Bertz CT molecular complexity index is 1050. The molecule has 0 aliphatic rings. The molecule has 0 saturated heterocycles. The Balaban J connectivity index is 1.65. The standard InChI is InChI=1S/C18H15Cl2N5O4/c1-27-15-6-10(8-22-23-18(26)16-17(21)25-29-24-16)2-5-14(15)28-9-11-3-4-12(19)7-13(11)20/h2-8H,9H2,1H3,(H2,21,25)(H,23,26)/b22-8+. The molecule has 0 aliphatic heterocycles. The van der Waals surface area contributed by atoms with Gasteiger partial charge < -0.3 is 15.2 Å². The Labute approximate surface area is 175 Å². The summed E-state index contributed by atoms with van der Waals surface area (Å²) < 4.78 is 15.5. The molecule has 1 heterocycles. The largest absolute Gasteiger partial charge is 0.493 e. The van der Waals surface area contributed by atoms with E-state index in [0.717, 1.165) is 5.56 Å². The number of anilines is 1. The maximum Gasteiger partial charge on any atom is 0.297 e. The number of nitrogen functional groups attached to an aromatic ring is 1. The monoisotopic (exact) mass is 435 g/mol. The van der Waals surface area contributed by atoms with E-state index in [4.69, 9.17) is 38.4 Å². The van der Waals surface area contributed by atoms with Gasteiger partial charge in [-0.2, -0.15) is 5.10 Å². The fraction of sp³-hybridized carbons (Fsp3) is 0.111. The Hall–Kier alpha value is -3.30. The van der Waals surface area contributed by atoms with Crippen LogP contribution in [-0.4, -0.2) is 29.5 Å². The SMILES string of the molecule is COc1cc(/C=N/NC(=O)c2nonc2N)ccc1OCc1ccc(Cl)cc1Cl. The van der Waals surface area contributed by atoms with Gasteiger partial charge in [-0.1, -0.05) is 29.3 Å². The molecule has 0 unspecified atom stereocenters. The van der Waals surface area contributed by atoms with Crippen LogP contribution in [0, 0.1) is 0 Å². The molecule has 3 aromatic rings. The number of methoxy groups -OCH3 is 1. The maximum atomic E-state index is 11.8. The lowest BCUT2D eigenvalue weighted by Crippen LogP contribution is -2.19. The summed E-state index contributed by atoms with van der Waals surface area (Å²) in [5.41, 5.74) is 9.01. The second-order valence-corrected chi connectivity index (χ2v) is 6.48. The average Bonchev–Trinajstić information content (AvgIpc) is 3.13. The second kappa shape index (κ2) is 9.26. The topological polar surface area (TPSA) is 125 Å². The summed E-state index contributed by atoms with van der Waals surface area (Å²) in [7, 11) is 1.51. The van der Waals surface area contributed by atoms with Gasteiger partial charge in [-0.25, -0.2) is 10.1 Å². The minimum atomic E-state index is -0.647. The number of hydrazone groups is 1. The van der Waals surface area contributed by atoms with Crippen molar-refractivity contribution in [3.63, 3.8) is 0 Å². The third-order valence-electron chi connectivity index (χ3n) is 3.69. The molecule has 0 bridgehead atoms. The van der Waals surface area contributed by atoms with Crippen molar-refractivity contribution in [2.45, 2.75) is 6.61 Å². The predicted octanol–water partition coefficient (Wildman–Crippen LogP) is 3.31. The van der Waals surface area contributed by atoms with Gasteiger partial charge in [0.15, 0.2) is 11.5 Å². The summed E-state index contributed by atoms with van der Waals surface area (Å²) >= 11 is 12.1. The number of nitrogens with one attached hydrogen (secondary N) is 1. The second-order valence-electron chi connectivity index (χ2n) is 5.63. The first kappa shape index (κ1) is 20.4. The molecule has 0 atom stereocenters. The van der Waals surface area contributed by atoms with Crippen LogP contribution in [0.25, 0.3) is 0 Å². The number of nitrogens with zero attached hydrogens (tertiary/aromatic N) is 3. The van der Waals surface area contributed by atoms with Crippen LogP contribution in [-0.2, 0) is 6.61 Å². The molecule has 3 rings (SSSR count). The summed E-state index contributed by atoms with van der Waals surface area (Å²) in [6.07, 6.45) is 1.42. The third kappa shape index (κ3) is 5.15. The highest BCUT2D eigenvalue weighted by atomic mass is 35.5. The van der Waals surface area contributed by atoms with Crippen molar-refractivity contribution >= 4 is 41.1 Å². The van der Waals surface area contributed by atoms with E-state index in [9.17, 15) is 4.79 Å². The van der Waals surface area contributed by atoms with Crippen LogP contribution in [0.5, 0.6) is 11.5 Å². The molecule has 0 fully saturated rings. The molecule has 3 N–H and O–H groups in total. The molecule has 1 aromatic heterocycles. The van der Waals surface area contributed by atoms with Crippen molar-refractivity contribution in [3.05, 3.63) is 63.3 Å². The number of amides is 1. The van der Waals surface area contributed by atoms with Crippen LogP contribution < -0.4 is 20.6 Å². The minimum absolute atomic E-state index is 0.123. The molecule has 11 heteroatoms. The van der Waals surface area contributed by atoms with Crippen LogP contribution in [0.2, 0.25) is 10.0 Å². The van der Waals surface area contributed by atoms with Gasteiger partial charge in [0.05, 0.1) is 13.3 Å². The lowest BCUT2D eigenvalue weighted by molar-refractivity contribution is 0.0946. The molecular weight excluding hydrogens is 421 g/mol. The van der Waals surface area contributed by atoms with Gasteiger partial charge in [0.25, 0.3) is 5.91 Å². The maximum absolute atomic E-state index is 11.8. The first-order chi connectivity index (χ1) is 14.0. The number of ether oxygens (including phenoxy) is 2. The molecule has 0 saturated carbocycles. The molecule has 0 radical (unpaired) electrons. The zero-order valence-corrected chi connectivity index (χ0v) is 16.6. The fourth-order valence-corrected chi connectivity index (χ4v) is 2.71. The van der Waals surface area contributed by atoms with Gasteiger partial charge in [-0.3, -0.25) is 4.79 Å². The number of hydrogen-bond acceptors (Lipinski definition) is 8. The van der Waals surface area contributed by atoms with E-state index in [2.05, 4.69) is 25.5 Å². The van der Waals surface area contributed by atoms with E-state index in [1.54, 1.807) is 36.4 Å². The summed E-state index contributed by atoms with van der Waals surface area (Å²) in [5, 5.41) is 11.6. The van der Waals surface area contributed by atoms with Gasteiger partial charge in [0.2, 0.25) is 11.5 Å². The first-order valence-electron chi connectivity index (χ1n) is 8.14. The lowest BCUT2D eigenvalue weighted by Gasteiger charge is -2.12. The van der Waals surface area contributed by atoms with E-state index in [1.165, 1.54) is 13.3 Å². The van der Waals surface area contributed by atoms with Crippen molar-refractivity contribution in [3.8, 4) is 11.5 Å². The molecule has 1 amide bonds. The predicted molar refractivity (Wildman–Crippen MR) is 108 cm³/mol. The van der Waals surface area contributed by atoms with Gasteiger partial charge in [0, 0.05) is 15.6 Å². The summed E-state index contributed by atoms with van der Waals surface area (Å²) in [5.74, 6) is 0.227. The average molecular weight is 436 g/mol. The zero-order chi connectivity index (χ0) is 20.8. The van der Waals surface area contributed by atoms with Crippen molar-refractivity contribution in [1.29, 1.82) is 0 Å². The van der Waals surface area contributed by atoms with E-state index in [1.807, 2.05) is 0 Å². The molecule has 0 spiro atoms. The van der Waals surface area contributed by atoms with E-state index in [-0.39, 0.29) is 18.1 Å². The number of carbonyl (C=O) groups excluding carboxylic acids is 1. The number of aromatic nitrogens is 2. The summed E-state index contributed by atoms with van der Waals surface area (Å²) in [6.45, 7) is 0.239. The number of rotatable bonds is 7. The van der Waals surface area contributed by atoms with Crippen molar-refractivity contribution < 1.29 is 18.9 Å². The molecular formula is C18H15Cl2N5O4. The number of hydrogen-bond donors (Lipinski definition) is 2. The van der Waals surface area contributed by atoms with Crippen LogP contribution in [0.15, 0.2) is 46.1 Å². The fourth-order valence-electron chi connectivity index (χ4n) is 2.25. The molecule has 0 aliphatic carbocycles. The smallest absolute Gasteiger partial charge is 0.297 e. The molecule has 9 nitrogen and oxygen atoms in total. The van der Waals surface area contributed by atoms with Crippen LogP contribution in [0.1, 0.15) is 21.6 Å². The Morgan fingerprint density at radius 2 is 2.07 bits per heavy atom. The quantitative estimate of drug-likeness (QED) is 0.430. The lowest BCUT2D eigenvalue weighted by atomic mass is 10.2. The zero-order valence-electron chi connectivity index (χ0n) is 15.1. The summed E-state index contributed by atoms with van der Waals surface area (Å²) in [4.78, 5) is 11.8. The van der Waals surface area contributed by atoms with E-state index in [0.29, 0.717) is 27.1 Å². The van der Waals surface area contributed by atoms with Gasteiger partial charge in [0.1, 0.15) is 6.61 Å². The summed E-state index contributed by atoms with van der Waals surface area (Å²) in [6, 6.07) is 10.3. The normalized spacial score (nSPS) is 10.9. The number of benzene rings is 2. The van der Waals surface area contributed by atoms with E-state index >= 15 is 0 Å². The Kier molecular flexibility index (Phi) is 6.53. The highest BCUT2D eigenvalue weighted by molar-refractivity contribution is 6.35. The Morgan fingerprint density at radius 1 is 1.24 bits per heavy atom. The molecule has 2 aromatic carbocycles. The number of carbonyl (C=O) groups is 1. The number of halogens is 2. The van der Waals surface area contributed by atoms with Crippen LogP contribution in [0.3, 0.4) is 0 Å². The van der Waals surface area contributed by atoms with Crippen LogP contribution >= 0.6 is 23.2 Å². The van der Waals surface area contributed by atoms with E-state index < -0.39 is 5.91 Å². The molecule has 150 valence electrons. The first-order valence-corrected chi connectivity index (χ1v) is 8.89. The highest BCUT2D eigenvalue weighted by Crippen LogP contribution is 2.29. The minimum Gasteiger partial charge on any atom is -0.493 e. The van der Waals surface area contributed by atoms with Gasteiger partial charge >= 0.3 is 0 Å². The van der Waals surface area contributed by atoms with Gasteiger partial charge in [-0.05, 0) is 46.2 Å².